The summed E-state index contributed by atoms with van der Waals surface area (Å²) < 4.78 is 55.9. The van der Waals surface area contributed by atoms with Gasteiger partial charge in [0.15, 0.2) is 5.54 Å². The molecular formula is C29H26F4N8. The highest BCUT2D eigenvalue weighted by Crippen LogP contribution is 2.55. The lowest BCUT2D eigenvalue weighted by Crippen LogP contribution is -2.35. The van der Waals surface area contributed by atoms with E-state index >= 15 is 0 Å². The number of rotatable bonds is 7. The lowest BCUT2D eigenvalue weighted by Gasteiger charge is -2.22. The van der Waals surface area contributed by atoms with Gasteiger partial charge in [0.25, 0.3) is 0 Å². The molecule has 1 aliphatic carbocycles. The minimum atomic E-state index is -4.49. The van der Waals surface area contributed by atoms with Gasteiger partial charge in [0.1, 0.15) is 23.6 Å². The fourth-order valence-electron chi connectivity index (χ4n) is 4.63. The summed E-state index contributed by atoms with van der Waals surface area (Å²) in [5.41, 5.74) is 0.332. The van der Waals surface area contributed by atoms with Crippen molar-refractivity contribution in [2.24, 2.45) is 5.41 Å². The normalized spacial score (nSPS) is 15.1. The van der Waals surface area contributed by atoms with E-state index in [4.69, 9.17) is 0 Å². The zero-order valence-electron chi connectivity index (χ0n) is 22.5. The molecule has 41 heavy (non-hydrogen) atoms. The molecule has 2 aromatic carbocycles. The topological polar surface area (TPSA) is 115 Å². The van der Waals surface area contributed by atoms with Crippen molar-refractivity contribution in [3.05, 3.63) is 77.0 Å². The molecule has 8 nitrogen and oxygen atoms in total. The van der Waals surface area contributed by atoms with E-state index < -0.39 is 23.6 Å². The van der Waals surface area contributed by atoms with Gasteiger partial charge in [-0.25, -0.2) is 9.07 Å². The second-order valence-corrected chi connectivity index (χ2v) is 11.4. The number of fused-ring (bicyclic) bond motifs is 1. The third kappa shape index (κ3) is 5.38. The van der Waals surface area contributed by atoms with E-state index in [1.807, 2.05) is 20.8 Å². The Balaban J connectivity index is 1.61. The first kappa shape index (κ1) is 27.8. The molecule has 1 saturated carbocycles. The van der Waals surface area contributed by atoms with E-state index in [0.29, 0.717) is 39.9 Å². The standard InChI is InChI=1S/C29H26F4N8/c1-27(2,3)16-37-25-19(13-35)14-36-24-18(12-34)10-21(11-22(24)25)38-26(17-4-6-20(30)7-5-17)23-15-41(40-39-23)28(8-9-28)29(31,32)33/h4-7,10-11,14-15,26,38H,8-9,16H2,1-3H3,(H,36,37). The van der Waals surface area contributed by atoms with Gasteiger partial charge in [0.05, 0.1) is 34.6 Å². The number of nitrogens with one attached hydrogen (secondary N) is 2. The zero-order valence-corrected chi connectivity index (χ0v) is 22.5. The molecular weight excluding hydrogens is 536 g/mol. The fraction of sp³-hybridized carbons (Fsp3) is 0.345. The van der Waals surface area contributed by atoms with E-state index in [2.05, 4.69) is 38.1 Å². The van der Waals surface area contributed by atoms with Crippen molar-refractivity contribution in [3.8, 4) is 12.1 Å². The molecule has 210 valence electrons. The zero-order chi connectivity index (χ0) is 29.6. The van der Waals surface area contributed by atoms with E-state index in [0.717, 1.165) is 4.68 Å². The number of nitriles is 2. The highest BCUT2D eigenvalue weighted by molar-refractivity contribution is 5.99. The largest absolute Gasteiger partial charge is 0.413 e. The maximum Gasteiger partial charge on any atom is 0.413 e. The third-order valence-corrected chi connectivity index (χ3v) is 7.02. The van der Waals surface area contributed by atoms with Crippen LogP contribution in [-0.2, 0) is 5.54 Å². The van der Waals surface area contributed by atoms with E-state index in [-0.39, 0.29) is 29.5 Å². The summed E-state index contributed by atoms with van der Waals surface area (Å²) in [5.74, 6) is -0.479. The van der Waals surface area contributed by atoms with Crippen molar-refractivity contribution in [3.63, 3.8) is 0 Å². The number of halogens is 4. The van der Waals surface area contributed by atoms with Gasteiger partial charge in [0, 0.05) is 23.8 Å². The predicted molar refractivity (Wildman–Crippen MR) is 144 cm³/mol. The van der Waals surface area contributed by atoms with Crippen LogP contribution < -0.4 is 10.6 Å². The van der Waals surface area contributed by atoms with Crippen LogP contribution in [0.4, 0.5) is 28.9 Å². The van der Waals surface area contributed by atoms with Crippen LogP contribution in [0.5, 0.6) is 0 Å². The summed E-state index contributed by atoms with van der Waals surface area (Å²) in [6.07, 6.45) is -2.02. The molecule has 5 rings (SSSR count). The Kier molecular flexibility index (Phi) is 6.82. The quantitative estimate of drug-likeness (QED) is 0.250. The molecule has 2 N–H and O–H groups in total. The number of hydrogen-bond donors (Lipinski definition) is 2. The summed E-state index contributed by atoms with van der Waals surface area (Å²) in [4.78, 5) is 4.35. The van der Waals surface area contributed by atoms with Crippen molar-refractivity contribution < 1.29 is 17.6 Å². The first-order chi connectivity index (χ1) is 19.3. The highest BCUT2D eigenvalue weighted by Gasteiger charge is 2.66. The summed E-state index contributed by atoms with van der Waals surface area (Å²) in [5, 5.41) is 34.7. The molecule has 12 heteroatoms. The van der Waals surface area contributed by atoms with Crippen LogP contribution in [0.15, 0.2) is 48.8 Å². The number of nitrogens with zero attached hydrogens (tertiary/aromatic N) is 6. The molecule has 0 saturated heterocycles. The van der Waals surface area contributed by atoms with Crippen LogP contribution in [0.25, 0.3) is 10.9 Å². The summed E-state index contributed by atoms with van der Waals surface area (Å²) >= 11 is 0. The molecule has 0 bridgehead atoms. The molecule has 0 amide bonds. The number of benzene rings is 2. The summed E-state index contributed by atoms with van der Waals surface area (Å²) in [6, 6.07) is 12.2. The van der Waals surface area contributed by atoms with Gasteiger partial charge >= 0.3 is 6.18 Å². The number of hydrogen-bond acceptors (Lipinski definition) is 7. The van der Waals surface area contributed by atoms with Crippen LogP contribution in [0.1, 0.15) is 62.0 Å². The lowest BCUT2D eigenvalue weighted by atomic mass is 9.96. The third-order valence-electron chi connectivity index (χ3n) is 7.02. The molecule has 2 aromatic heterocycles. The Morgan fingerprint density at radius 3 is 2.32 bits per heavy atom. The van der Waals surface area contributed by atoms with Gasteiger partial charge in [-0.05, 0) is 48.1 Å². The van der Waals surface area contributed by atoms with Gasteiger partial charge in [-0.3, -0.25) is 4.98 Å². The Labute approximate surface area is 233 Å². The van der Waals surface area contributed by atoms with Gasteiger partial charge in [-0.2, -0.15) is 23.7 Å². The van der Waals surface area contributed by atoms with E-state index in [9.17, 15) is 28.1 Å². The molecule has 0 radical (unpaired) electrons. The van der Waals surface area contributed by atoms with Gasteiger partial charge in [-0.1, -0.05) is 38.1 Å². The average Bonchev–Trinajstić information content (AvgIpc) is 3.61. The molecule has 1 atom stereocenters. The molecule has 4 aromatic rings. The van der Waals surface area contributed by atoms with Crippen molar-refractivity contribution in [2.75, 3.05) is 17.2 Å². The second-order valence-electron chi connectivity index (χ2n) is 11.4. The molecule has 2 heterocycles. The van der Waals surface area contributed by atoms with E-state index in [1.165, 1.54) is 36.7 Å². The summed E-state index contributed by atoms with van der Waals surface area (Å²) in [7, 11) is 0. The minimum absolute atomic E-state index is 0.0945. The number of anilines is 2. The van der Waals surface area contributed by atoms with Crippen molar-refractivity contribution in [2.45, 2.75) is 51.4 Å². The SMILES string of the molecule is CC(C)(C)CNc1c(C#N)cnc2c(C#N)cc(NC(c3ccc(F)cc3)c3cn(C4(C(F)(F)F)CC4)nn3)cc12. The van der Waals surface area contributed by atoms with Crippen LogP contribution in [0.2, 0.25) is 0 Å². The van der Waals surface area contributed by atoms with Crippen LogP contribution in [0, 0.1) is 33.9 Å². The number of alkyl halides is 3. The van der Waals surface area contributed by atoms with Crippen LogP contribution in [0.3, 0.4) is 0 Å². The second kappa shape index (κ2) is 10.0. The maximum atomic E-state index is 13.8. The lowest BCUT2D eigenvalue weighted by molar-refractivity contribution is -0.182. The van der Waals surface area contributed by atoms with Gasteiger partial charge < -0.3 is 10.6 Å². The Bertz CT molecular complexity index is 1680. The molecule has 1 aliphatic rings. The minimum Gasteiger partial charge on any atom is -0.383 e. The van der Waals surface area contributed by atoms with E-state index in [1.54, 1.807) is 12.1 Å². The monoisotopic (exact) mass is 562 g/mol. The average molecular weight is 563 g/mol. The van der Waals surface area contributed by atoms with Crippen molar-refractivity contribution in [1.82, 2.24) is 20.0 Å². The van der Waals surface area contributed by atoms with Crippen molar-refractivity contribution in [1.29, 1.82) is 10.5 Å². The maximum absolute atomic E-state index is 13.8. The Morgan fingerprint density at radius 2 is 1.73 bits per heavy atom. The summed E-state index contributed by atoms with van der Waals surface area (Å²) in [6.45, 7) is 6.64. The van der Waals surface area contributed by atoms with Gasteiger partial charge in [-0.15, -0.1) is 5.10 Å². The highest BCUT2D eigenvalue weighted by atomic mass is 19.4. The van der Waals surface area contributed by atoms with Crippen LogP contribution >= 0.6 is 0 Å². The smallest absolute Gasteiger partial charge is 0.383 e. The van der Waals surface area contributed by atoms with Crippen molar-refractivity contribution >= 4 is 22.3 Å². The predicted octanol–water partition coefficient (Wildman–Crippen LogP) is 6.42. The van der Waals surface area contributed by atoms with Crippen LogP contribution in [-0.4, -0.2) is 32.7 Å². The molecule has 0 spiro atoms. The molecule has 1 unspecified atom stereocenters. The first-order valence-corrected chi connectivity index (χ1v) is 12.9. The first-order valence-electron chi connectivity index (χ1n) is 12.9. The Hall–Kier alpha value is -4.71. The fourth-order valence-corrected chi connectivity index (χ4v) is 4.63. The Morgan fingerprint density at radius 1 is 1.05 bits per heavy atom. The molecule has 1 fully saturated rings. The number of aromatic nitrogens is 4. The number of pyridine rings is 1. The van der Waals surface area contributed by atoms with Gasteiger partial charge in [0.2, 0.25) is 0 Å². The molecule has 0 aliphatic heterocycles.